The molecular formula is C24H38N4O4. The lowest BCUT2D eigenvalue weighted by Gasteiger charge is -2.40. The Morgan fingerprint density at radius 1 is 1.06 bits per heavy atom. The van der Waals surface area contributed by atoms with Gasteiger partial charge in [-0.1, -0.05) is 12.8 Å². The first-order chi connectivity index (χ1) is 15.4. The van der Waals surface area contributed by atoms with Gasteiger partial charge in [-0.15, -0.1) is 0 Å². The fourth-order valence-corrected chi connectivity index (χ4v) is 4.81. The van der Waals surface area contributed by atoms with Crippen LogP contribution >= 0.6 is 0 Å². The topological polar surface area (TPSA) is 74.4 Å². The molecule has 1 aromatic carbocycles. The van der Waals surface area contributed by atoms with Crippen molar-refractivity contribution in [1.29, 1.82) is 0 Å². The largest absolute Gasteiger partial charge is 0.493 e. The molecule has 2 aliphatic rings. The third-order valence-electron chi connectivity index (χ3n) is 6.60. The highest BCUT2D eigenvalue weighted by Gasteiger charge is 2.37. The molecule has 32 heavy (non-hydrogen) atoms. The van der Waals surface area contributed by atoms with Gasteiger partial charge in [-0.3, -0.25) is 14.5 Å². The molecule has 0 radical (unpaired) electrons. The van der Waals surface area contributed by atoms with Crippen LogP contribution in [0.5, 0.6) is 11.5 Å². The molecule has 178 valence electrons. The maximum absolute atomic E-state index is 13.1. The minimum atomic E-state index is -0.0991. The van der Waals surface area contributed by atoms with Crippen molar-refractivity contribution >= 4 is 11.8 Å². The van der Waals surface area contributed by atoms with Crippen LogP contribution in [0.1, 0.15) is 36.0 Å². The summed E-state index contributed by atoms with van der Waals surface area (Å²) in [5.41, 5.74) is 0.588. The predicted molar refractivity (Wildman–Crippen MR) is 124 cm³/mol. The monoisotopic (exact) mass is 446 g/mol. The first-order valence-electron chi connectivity index (χ1n) is 11.6. The highest BCUT2D eigenvalue weighted by Crippen LogP contribution is 2.32. The second-order valence-electron chi connectivity index (χ2n) is 8.98. The van der Waals surface area contributed by atoms with Crippen molar-refractivity contribution in [2.24, 2.45) is 5.92 Å². The standard InChI is InChI=1S/C24H38N4O4/c1-26(2)12-11-25-23(29)22(18-7-5-6-8-18)27-13-15-28(16-14-27)24(30)19-9-10-20(31-3)21(17-19)32-4/h9-10,17-18,22H,5-8,11-16H2,1-4H3,(H,25,29). The molecule has 1 aliphatic heterocycles. The number of likely N-dealkylation sites (N-methyl/N-ethyl adjacent to an activating group) is 1. The highest BCUT2D eigenvalue weighted by molar-refractivity contribution is 5.95. The Morgan fingerprint density at radius 2 is 1.72 bits per heavy atom. The van der Waals surface area contributed by atoms with E-state index in [0.29, 0.717) is 55.7 Å². The summed E-state index contributed by atoms with van der Waals surface area (Å²) < 4.78 is 10.6. The van der Waals surface area contributed by atoms with E-state index in [4.69, 9.17) is 9.47 Å². The molecule has 1 saturated carbocycles. The molecule has 1 heterocycles. The zero-order valence-corrected chi connectivity index (χ0v) is 19.9. The van der Waals surface area contributed by atoms with Gasteiger partial charge in [0.15, 0.2) is 11.5 Å². The van der Waals surface area contributed by atoms with E-state index < -0.39 is 0 Å². The number of nitrogens with one attached hydrogen (secondary N) is 1. The van der Waals surface area contributed by atoms with Crippen LogP contribution < -0.4 is 14.8 Å². The molecule has 2 fully saturated rings. The van der Waals surface area contributed by atoms with Gasteiger partial charge in [-0.2, -0.15) is 0 Å². The second kappa shape index (κ2) is 11.5. The van der Waals surface area contributed by atoms with Crippen LogP contribution in [0.25, 0.3) is 0 Å². The summed E-state index contributed by atoms with van der Waals surface area (Å²) in [6, 6.07) is 5.16. The molecule has 1 aromatic rings. The van der Waals surface area contributed by atoms with E-state index in [1.54, 1.807) is 32.4 Å². The van der Waals surface area contributed by atoms with Crippen molar-refractivity contribution in [1.82, 2.24) is 20.0 Å². The van der Waals surface area contributed by atoms with Crippen LogP contribution in [-0.4, -0.2) is 100 Å². The quantitative estimate of drug-likeness (QED) is 0.622. The number of ether oxygens (including phenoxy) is 2. The Morgan fingerprint density at radius 3 is 2.31 bits per heavy atom. The fourth-order valence-electron chi connectivity index (χ4n) is 4.81. The number of hydrogen-bond donors (Lipinski definition) is 1. The van der Waals surface area contributed by atoms with Gasteiger partial charge in [0.1, 0.15) is 0 Å². The normalized spacial score (nSPS) is 18.6. The van der Waals surface area contributed by atoms with Crippen molar-refractivity contribution in [3.05, 3.63) is 23.8 Å². The number of hydrogen-bond acceptors (Lipinski definition) is 6. The maximum atomic E-state index is 13.1. The molecule has 1 N–H and O–H groups in total. The summed E-state index contributed by atoms with van der Waals surface area (Å²) in [6.07, 6.45) is 4.61. The number of rotatable bonds is 9. The number of methoxy groups -OCH3 is 2. The summed E-state index contributed by atoms with van der Waals surface area (Å²) >= 11 is 0. The first-order valence-corrected chi connectivity index (χ1v) is 11.6. The molecule has 0 spiro atoms. The maximum Gasteiger partial charge on any atom is 0.254 e. The Labute approximate surface area is 191 Å². The van der Waals surface area contributed by atoms with Crippen LogP contribution in [0.4, 0.5) is 0 Å². The Kier molecular flexibility index (Phi) is 8.75. The third kappa shape index (κ3) is 5.92. The molecular weight excluding hydrogens is 408 g/mol. The van der Waals surface area contributed by atoms with Crippen LogP contribution in [0.15, 0.2) is 18.2 Å². The number of piperazine rings is 1. The average Bonchev–Trinajstić information content (AvgIpc) is 3.32. The summed E-state index contributed by atoms with van der Waals surface area (Å²) in [5.74, 6) is 1.68. The number of carbonyl (C=O) groups is 2. The Hall–Kier alpha value is -2.32. The van der Waals surface area contributed by atoms with Crippen LogP contribution in [0, 0.1) is 5.92 Å². The van der Waals surface area contributed by atoms with E-state index in [9.17, 15) is 9.59 Å². The predicted octanol–water partition coefficient (Wildman–Crippen LogP) is 1.70. The van der Waals surface area contributed by atoms with Gasteiger partial charge < -0.3 is 24.6 Å². The Bertz CT molecular complexity index is 771. The lowest BCUT2D eigenvalue weighted by atomic mass is 9.95. The molecule has 3 rings (SSSR count). The zero-order valence-electron chi connectivity index (χ0n) is 19.9. The average molecular weight is 447 g/mol. The minimum Gasteiger partial charge on any atom is -0.493 e. The third-order valence-corrected chi connectivity index (χ3v) is 6.60. The number of amides is 2. The van der Waals surface area contributed by atoms with E-state index >= 15 is 0 Å². The summed E-state index contributed by atoms with van der Waals surface area (Å²) in [5, 5.41) is 3.14. The van der Waals surface area contributed by atoms with Gasteiger partial charge >= 0.3 is 0 Å². The molecule has 1 unspecified atom stereocenters. The summed E-state index contributed by atoms with van der Waals surface area (Å²) in [4.78, 5) is 32.4. The highest BCUT2D eigenvalue weighted by atomic mass is 16.5. The van der Waals surface area contributed by atoms with Gasteiger partial charge in [-0.25, -0.2) is 0 Å². The summed E-state index contributed by atoms with van der Waals surface area (Å²) in [7, 11) is 7.16. The van der Waals surface area contributed by atoms with Crippen molar-refractivity contribution < 1.29 is 19.1 Å². The van der Waals surface area contributed by atoms with E-state index in [0.717, 1.165) is 19.4 Å². The molecule has 1 atom stereocenters. The minimum absolute atomic E-state index is 0.0153. The number of benzene rings is 1. The molecule has 8 nitrogen and oxygen atoms in total. The SMILES string of the molecule is COc1ccc(C(=O)N2CCN(C(C(=O)NCCN(C)C)C3CCCC3)CC2)cc1OC. The molecule has 0 bridgehead atoms. The van der Waals surface area contributed by atoms with Crippen molar-refractivity contribution in [3.63, 3.8) is 0 Å². The second-order valence-corrected chi connectivity index (χ2v) is 8.98. The van der Waals surface area contributed by atoms with Gasteiger partial charge in [0.2, 0.25) is 5.91 Å². The van der Waals surface area contributed by atoms with E-state index in [-0.39, 0.29) is 17.9 Å². The molecule has 1 aliphatic carbocycles. The lowest BCUT2D eigenvalue weighted by Crippen LogP contribution is -2.58. The van der Waals surface area contributed by atoms with Crippen molar-refractivity contribution in [2.75, 3.05) is 67.6 Å². The lowest BCUT2D eigenvalue weighted by molar-refractivity contribution is -0.129. The molecule has 2 amide bonds. The van der Waals surface area contributed by atoms with Gasteiger partial charge in [0, 0.05) is 44.8 Å². The van der Waals surface area contributed by atoms with Crippen LogP contribution in [0.3, 0.4) is 0 Å². The van der Waals surface area contributed by atoms with Crippen LogP contribution in [-0.2, 0) is 4.79 Å². The number of nitrogens with zero attached hydrogens (tertiary/aromatic N) is 3. The first kappa shape index (κ1) is 24.3. The van der Waals surface area contributed by atoms with Gasteiger partial charge in [-0.05, 0) is 51.1 Å². The number of carbonyl (C=O) groups excluding carboxylic acids is 2. The van der Waals surface area contributed by atoms with E-state index in [2.05, 4.69) is 15.1 Å². The molecule has 8 heteroatoms. The smallest absolute Gasteiger partial charge is 0.254 e. The van der Waals surface area contributed by atoms with Crippen molar-refractivity contribution in [3.8, 4) is 11.5 Å². The van der Waals surface area contributed by atoms with Crippen molar-refractivity contribution in [2.45, 2.75) is 31.7 Å². The summed E-state index contributed by atoms with van der Waals surface area (Å²) in [6.45, 7) is 4.13. The van der Waals surface area contributed by atoms with Gasteiger partial charge in [0.25, 0.3) is 5.91 Å². The Balaban J connectivity index is 1.62. The molecule has 1 saturated heterocycles. The van der Waals surface area contributed by atoms with E-state index in [1.807, 2.05) is 19.0 Å². The van der Waals surface area contributed by atoms with E-state index in [1.165, 1.54) is 12.8 Å². The molecule has 0 aromatic heterocycles. The zero-order chi connectivity index (χ0) is 23.1. The van der Waals surface area contributed by atoms with Crippen LogP contribution in [0.2, 0.25) is 0 Å². The van der Waals surface area contributed by atoms with Gasteiger partial charge in [0.05, 0.1) is 20.3 Å². The fraction of sp³-hybridized carbons (Fsp3) is 0.667.